The molecule has 1 aliphatic rings. The Hall–Kier alpha value is -2.38. The highest BCUT2D eigenvalue weighted by Gasteiger charge is 2.40. The number of fused-ring (bicyclic) bond motifs is 1. The monoisotopic (exact) mass is 336 g/mol. The molecule has 3 atom stereocenters. The highest BCUT2D eigenvalue weighted by molar-refractivity contribution is 6.61. The van der Waals surface area contributed by atoms with Gasteiger partial charge in [0.15, 0.2) is 0 Å². The predicted molar refractivity (Wildman–Crippen MR) is 103 cm³/mol. The van der Waals surface area contributed by atoms with Crippen molar-refractivity contribution in [2.45, 2.75) is 24.6 Å². The van der Waals surface area contributed by atoms with Crippen LogP contribution in [0.2, 0.25) is 11.6 Å². The van der Waals surface area contributed by atoms with Gasteiger partial charge in [-0.15, -0.1) is 5.46 Å². The SMILES string of the molecule is [B]c1c([B])c(N)c2c(=O)n(C3C(=O)NC(=O)C([B])C3[B])c(C)nc2c1[B]. The maximum Gasteiger partial charge on any atom is 0.264 e. The highest BCUT2D eigenvalue weighted by Crippen LogP contribution is 2.34. The van der Waals surface area contributed by atoms with Crippen LogP contribution in [0.15, 0.2) is 4.79 Å². The van der Waals surface area contributed by atoms with E-state index in [0.29, 0.717) is 0 Å². The predicted octanol–water partition coefficient (Wildman–Crippen LogP) is -4.22. The number of hydrogen-bond acceptors (Lipinski definition) is 5. The fraction of sp³-hybridized carbons (Fsp3) is 0.286. The summed E-state index contributed by atoms with van der Waals surface area (Å²) in [5.41, 5.74) is 5.15. The summed E-state index contributed by atoms with van der Waals surface area (Å²) in [4.78, 5) is 41.3. The Morgan fingerprint density at radius 2 is 1.65 bits per heavy atom. The van der Waals surface area contributed by atoms with E-state index in [2.05, 4.69) is 10.3 Å². The van der Waals surface area contributed by atoms with Crippen LogP contribution in [0.5, 0.6) is 0 Å². The lowest BCUT2D eigenvalue weighted by atomic mass is 9.61. The summed E-state index contributed by atoms with van der Waals surface area (Å²) in [5.74, 6) is -3.70. The molecule has 3 rings (SSSR count). The number of carbonyl (C=O) groups is 2. The molecular formula is C14H9B5N4O3. The largest absolute Gasteiger partial charge is 0.399 e. The van der Waals surface area contributed by atoms with Crippen molar-refractivity contribution in [3.63, 3.8) is 0 Å². The van der Waals surface area contributed by atoms with E-state index in [9.17, 15) is 14.4 Å². The average molecular weight is 335 g/mol. The number of piperidine rings is 1. The van der Waals surface area contributed by atoms with Crippen LogP contribution in [0, 0.1) is 6.92 Å². The maximum atomic E-state index is 13.1. The minimum Gasteiger partial charge on any atom is -0.399 e. The molecule has 118 valence electrons. The number of hydrogen-bond donors (Lipinski definition) is 2. The molecular weight excluding hydrogens is 326 g/mol. The van der Waals surface area contributed by atoms with Crippen molar-refractivity contribution in [2.75, 3.05) is 5.73 Å². The Labute approximate surface area is 155 Å². The number of anilines is 1. The highest BCUT2D eigenvalue weighted by atomic mass is 16.2. The lowest BCUT2D eigenvalue weighted by molar-refractivity contribution is -0.135. The molecule has 0 saturated carbocycles. The quantitative estimate of drug-likeness (QED) is 0.312. The van der Waals surface area contributed by atoms with Gasteiger partial charge in [0, 0.05) is 5.69 Å². The molecule has 1 fully saturated rings. The molecule has 0 bridgehead atoms. The van der Waals surface area contributed by atoms with Gasteiger partial charge in [-0.25, -0.2) is 4.98 Å². The average Bonchev–Trinajstić information content (AvgIpc) is 2.58. The number of nitrogens with two attached hydrogens (primary N) is 1. The topological polar surface area (TPSA) is 107 Å². The Morgan fingerprint density at radius 1 is 1.04 bits per heavy atom. The fourth-order valence-electron chi connectivity index (χ4n) is 3.07. The normalized spacial score (nSPS) is 23.2. The van der Waals surface area contributed by atoms with E-state index in [1.54, 1.807) is 0 Å². The van der Waals surface area contributed by atoms with Crippen molar-refractivity contribution < 1.29 is 9.59 Å². The van der Waals surface area contributed by atoms with Crippen molar-refractivity contribution in [1.82, 2.24) is 14.9 Å². The van der Waals surface area contributed by atoms with E-state index in [4.69, 9.17) is 45.0 Å². The molecule has 0 aliphatic carbocycles. The third kappa shape index (κ3) is 2.42. The van der Waals surface area contributed by atoms with Gasteiger partial charge in [-0.1, -0.05) is 10.9 Å². The third-order valence-electron chi connectivity index (χ3n) is 4.56. The van der Waals surface area contributed by atoms with Crippen molar-refractivity contribution in [3.05, 3.63) is 16.2 Å². The zero-order valence-electron chi connectivity index (χ0n) is 13.8. The van der Waals surface area contributed by atoms with E-state index in [-0.39, 0.29) is 38.8 Å². The van der Waals surface area contributed by atoms with Crippen molar-refractivity contribution in [3.8, 4) is 0 Å². The number of nitrogens with one attached hydrogen (secondary N) is 1. The second kappa shape index (κ2) is 6.11. The van der Waals surface area contributed by atoms with E-state index < -0.39 is 35.0 Å². The molecule has 0 spiro atoms. The molecule has 2 heterocycles. The van der Waals surface area contributed by atoms with E-state index in [1.165, 1.54) is 6.92 Å². The smallest absolute Gasteiger partial charge is 0.264 e. The summed E-state index contributed by atoms with van der Waals surface area (Å²) < 4.78 is 1.03. The zero-order chi connectivity index (χ0) is 19.5. The van der Waals surface area contributed by atoms with Gasteiger partial charge in [0.2, 0.25) is 11.8 Å². The van der Waals surface area contributed by atoms with Gasteiger partial charge in [0.1, 0.15) is 35.4 Å². The number of amides is 2. The van der Waals surface area contributed by atoms with Crippen molar-refractivity contribution in [2.24, 2.45) is 0 Å². The summed E-state index contributed by atoms with van der Waals surface area (Å²) >= 11 is 0. The van der Waals surface area contributed by atoms with Crippen LogP contribution in [0.4, 0.5) is 5.69 Å². The second-order valence-corrected chi connectivity index (χ2v) is 6.11. The van der Waals surface area contributed by atoms with Gasteiger partial charge in [-0.05, 0) is 18.6 Å². The molecule has 2 aromatic rings. The molecule has 12 heteroatoms. The van der Waals surface area contributed by atoms with E-state index >= 15 is 0 Å². The molecule has 1 aromatic carbocycles. The Bertz CT molecular complexity index is 1040. The number of rotatable bonds is 1. The van der Waals surface area contributed by atoms with Gasteiger partial charge in [-0.2, -0.15) is 0 Å². The van der Waals surface area contributed by atoms with Crippen LogP contribution in [0.3, 0.4) is 0 Å². The number of aromatic nitrogens is 2. The number of aryl methyl sites for hydroxylation is 1. The summed E-state index contributed by atoms with van der Waals surface area (Å²) in [6.45, 7) is 1.48. The van der Waals surface area contributed by atoms with Crippen LogP contribution in [-0.4, -0.2) is 60.6 Å². The minimum absolute atomic E-state index is 0.00308. The summed E-state index contributed by atoms with van der Waals surface area (Å²) in [6, 6.07) is -1.26. The third-order valence-corrected chi connectivity index (χ3v) is 4.56. The zero-order valence-corrected chi connectivity index (χ0v) is 13.8. The summed E-state index contributed by atoms with van der Waals surface area (Å²) in [7, 11) is 29.2. The minimum atomic E-state index is -1.26. The number of imide groups is 1. The first-order valence-electron chi connectivity index (χ1n) is 7.58. The Balaban J connectivity index is 2.37. The molecule has 3 N–H and O–H groups in total. The van der Waals surface area contributed by atoms with Crippen molar-refractivity contribution in [1.29, 1.82) is 0 Å². The first-order valence-corrected chi connectivity index (χ1v) is 7.58. The summed E-state index contributed by atoms with van der Waals surface area (Å²) in [5, 5.41) is 1.99. The van der Waals surface area contributed by atoms with Gasteiger partial charge in [0.25, 0.3) is 5.56 Å². The van der Waals surface area contributed by atoms with E-state index in [1.807, 2.05) is 0 Å². The van der Waals surface area contributed by atoms with Crippen LogP contribution < -0.4 is 33.0 Å². The number of nitrogen functional groups attached to an aromatic ring is 1. The molecule has 3 unspecified atom stereocenters. The lowest BCUT2D eigenvalue weighted by Crippen LogP contribution is -2.51. The molecule has 1 saturated heterocycles. The number of nitrogens with zero attached hydrogens (tertiary/aromatic N) is 2. The van der Waals surface area contributed by atoms with Crippen LogP contribution in [-0.2, 0) is 9.59 Å². The van der Waals surface area contributed by atoms with Crippen LogP contribution in [0.1, 0.15) is 11.9 Å². The molecule has 2 amide bonds. The molecule has 26 heavy (non-hydrogen) atoms. The standard InChI is InChI=1S/C14H9B5N4O3/c1-2-21-10-3(9(20)5(16)4(15)6(10)17)14(26)23(2)11-7(18)8(19)12(24)22-13(11)25/h7-8,11H,20H2,1H3,(H,22,24,25). The lowest BCUT2D eigenvalue weighted by Gasteiger charge is -2.35. The molecule has 7 nitrogen and oxygen atoms in total. The molecule has 1 aromatic heterocycles. The van der Waals surface area contributed by atoms with Crippen LogP contribution >= 0.6 is 0 Å². The number of benzene rings is 1. The molecule has 1 aliphatic heterocycles. The second-order valence-electron chi connectivity index (χ2n) is 6.11. The van der Waals surface area contributed by atoms with Crippen LogP contribution in [0.25, 0.3) is 10.9 Å². The Kier molecular flexibility index (Phi) is 4.33. The summed E-state index contributed by atoms with van der Waals surface area (Å²) in [6.07, 6.45) is 0. The van der Waals surface area contributed by atoms with Gasteiger partial charge >= 0.3 is 0 Å². The van der Waals surface area contributed by atoms with Crippen molar-refractivity contribution >= 4 is 84.0 Å². The Morgan fingerprint density at radius 3 is 2.27 bits per heavy atom. The first-order chi connectivity index (χ1) is 12.1. The van der Waals surface area contributed by atoms with Gasteiger partial charge in [-0.3, -0.25) is 24.3 Å². The van der Waals surface area contributed by atoms with Gasteiger partial charge in [0.05, 0.1) is 26.6 Å². The number of carbonyl (C=O) groups excluding carboxylic acids is 2. The maximum absolute atomic E-state index is 13.1. The fourth-order valence-corrected chi connectivity index (χ4v) is 3.07. The van der Waals surface area contributed by atoms with E-state index in [0.717, 1.165) is 4.57 Å². The molecule has 10 radical (unpaired) electrons. The first kappa shape index (κ1) is 18.4. The van der Waals surface area contributed by atoms with Gasteiger partial charge < -0.3 is 5.73 Å².